The molecule has 0 amide bonds. The zero-order chi connectivity index (χ0) is 22.0. The van der Waals surface area contributed by atoms with Crippen molar-refractivity contribution in [2.24, 2.45) is 5.92 Å². The minimum atomic E-state index is -0.714. The number of phenolic OH excluding ortho intramolecular Hbond substituents is 2. The lowest BCUT2D eigenvalue weighted by molar-refractivity contribution is 0.155. The molecular weight excluding hydrogens is 413 g/mol. The third-order valence-electron chi connectivity index (χ3n) is 5.86. The van der Waals surface area contributed by atoms with E-state index in [1.165, 1.54) is 18.2 Å². The van der Waals surface area contributed by atoms with Gasteiger partial charge in [0.25, 0.3) is 0 Å². The third-order valence-corrected chi connectivity index (χ3v) is 6.23. The average Bonchev–Trinajstić information content (AvgIpc) is 3.09. The van der Waals surface area contributed by atoms with Crippen LogP contribution in [-0.4, -0.2) is 20.3 Å². The van der Waals surface area contributed by atoms with Gasteiger partial charge in [0, 0.05) is 23.7 Å². The first kappa shape index (κ1) is 21.3. The quantitative estimate of drug-likeness (QED) is 0.435. The SMILES string of the molecule is Oc1ccc([C@@H]2[C@H](CC[C@H](O)c3ccc(F)cc3)CC(=S)N2c2ccccc2)c(O)c1. The molecule has 0 spiro atoms. The molecule has 4 nitrogen and oxygen atoms in total. The highest BCUT2D eigenvalue weighted by atomic mass is 32.1. The van der Waals surface area contributed by atoms with Gasteiger partial charge in [-0.1, -0.05) is 42.5 Å². The van der Waals surface area contributed by atoms with Crippen molar-refractivity contribution in [2.75, 3.05) is 4.90 Å². The number of phenols is 2. The summed E-state index contributed by atoms with van der Waals surface area (Å²) in [5.41, 5.74) is 2.29. The van der Waals surface area contributed by atoms with Crippen LogP contribution in [-0.2, 0) is 0 Å². The standard InChI is InChI=1S/C25H24FNO3S/c26-18-9-6-16(7-10-18)22(29)13-8-17-14-24(31)27(19-4-2-1-3-5-19)25(17)21-12-11-20(28)15-23(21)30/h1-7,9-12,15,17,22,25,28-30H,8,13-14H2/t17-,22+,25+/m1/s1. The maximum absolute atomic E-state index is 13.2. The molecule has 0 saturated carbocycles. The number of halogens is 1. The second-order valence-electron chi connectivity index (χ2n) is 7.90. The van der Waals surface area contributed by atoms with Gasteiger partial charge < -0.3 is 20.2 Å². The maximum atomic E-state index is 13.2. The highest BCUT2D eigenvalue weighted by molar-refractivity contribution is 7.80. The molecule has 0 radical (unpaired) electrons. The molecule has 3 atom stereocenters. The molecule has 160 valence electrons. The fraction of sp³-hybridized carbons (Fsp3) is 0.240. The lowest BCUT2D eigenvalue weighted by atomic mass is 9.87. The molecule has 4 rings (SSSR count). The Morgan fingerprint density at radius 2 is 1.71 bits per heavy atom. The van der Waals surface area contributed by atoms with E-state index in [0.717, 1.165) is 10.7 Å². The molecule has 3 aromatic carbocycles. The summed E-state index contributed by atoms with van der Waals surface area (Å²) in [5, 5.41) is 30.9. The summed E-state index contributed by atoms with van der Waals surface area (Å²) in [6.07, 6.45) is 1.07. The van der Waals surface area contributed by atoms with Gasteiger partial charge in [-0.25, -0.2) is 4.39 Å². The molecular formula is C25H24FNO3S. The number of aliphatic hydroxyl groups is 1. The second-order valence-corrected chi connectivity index (χ2v) is 8.37. The van der Waals surface area contributed by atoms with Gasteiger partial charge in [-0.2, -0.15) is 0 Å². The average molecular weight is 438 g/mol. The highest BCUT2D eigenvalue weighted by Gasteiger charge is 2.40. The Bertz CT molecular complexity index is 1060. The zero-order valence-electron chi connectivity index (χ0n) is 16.9. The van der Waals surface area contributed by atoms with Crippen LogP contribution in [0.1, 0.15) is 42.5 Å². The van der Waals surface area contributed by atoms with Gasteiger partial charge in [0.2, 0.25) is 0 Å². The van der Waals surface area contributed by atoms with Crippen molar-refractivity contribution < 1.29 is 19.7 Å². The van der Waals surface area contributed by atoms with E-state index < -0.39 is 6.10 Å². The van der Waals surface area contributed by atoms with Crippen LogP contribution in [0.3, 0.4) is 0 Å². The van der Waals surface area contributed by atoms with Crippen molar-refractivity contribution >= 4 is 22.9 Å². The molecule has 3 N–H and O–H groups in total. The number of anilines is 1. The van der Waals surface area contributed by atoms with E-state index in [9.17, 15) is 19.7 Å². The van der Waals surface area contributed by atoms with E-state index in [4.69, 9.17) is 12.2 Å². The molecule has 1 fully saturated rings. The summed E-state index contributed by atoms with van der Waals surface area (Å²) in [4.78, 5) is 2.82. The predicted octanol–water partition coefficient (Wildman–Crippen LogP) is 5.65. The van der Waals surface area contributed by atoms with E-state index in [2.05, 4.69) is 4.90 Å². The van der Waals surface area contributed by atoms with Crippen LogP contribution >= 0.6 is 12.2 Å². The number of para-hydroxylation sites is 1. The fourth-order valence-electron chi connectivity index (χ4n) is 4.35. The molecule has 0 aromatic heterocycles. The van der Waals surface area contributed by atoms with E-state index in [1.54, 1.807) is 24.3 Å². The van der Waals surface area contributed by atoms with Crippen molar-refractivity contribution in [1.29, 1.82) is 0 Å². The van der Waals surface area contributed by atoms with Gasteiger partial charge in [-0.3, -0.25) is 0 Å². The van der Waals surface area contributed by atoms with Gasteiger partial charge >= 0.3 is 0 Å². The summed E-state index contributed by atoms with van der Waals surface area (Å²) >= 11 is 5.72. The lowest BCUT2D eigenvalue weighted by Crippen LogP contribution is -2.28. The molecule has 1 heterocycles. The molecule has 0 bridgehead atoms. The first-order chi connectivity index (χ1) is 14.9. The Labute approximate surface area is 186 Å². The number of nitrogens with zero attached hydrogens (tertiary/aromatic N) is 1. The topological polar surface area (TPSA) is 63.9 Å². The third kappa shape index (κ3) is 4.55. The molecule has 1 aliphatic heterocycles. The smallest absolute Gasteiger partial charge is 0.124 e. The van der Waals surface area contributed by atoms with E-state index in [1.807, 2.05) is 30.3 Å². The molecule has 3 aromatic rings. The summed E-state index contributed by atoms with van der Waals surface area (Å²) in [7, 11) is 0. The maximum Gasteiger partial charge on any atom is 0.124 e. The molecule has 1 aliphatic rings. The van der Waals surface area contributed by atoms with Gasteiger partial charge in [0.1, 0.15) is 17.3 Å². The van der Waals surface area contributed by atoms with E-state index in [-0.39, 0.29) is 29.3 Å². The van der Waals surface area contributed by atoms with Crippen molar-refractivity contribution in [3.63, 3.8) is 0 Å². The van der Waals surface area contributed by atoms with Crippen LogP contribution in [0.5, 0.6) is 11.5 Å². The number of thiocarbonyl (C=S) groups is 1. The van der Waals surface area contributed by atoms with Gasteiger partial charge in [-0.05, 0) is 60.7 Å². The second kappa shape index (κ2) is 9.04. The Morgan fingerprint density at radius 3 is 2.39 bits per heavy atom. The summed E-state index contributed by atoms with van der Waals surface area (Å²) < 4.78 is 13.2. The summed E-state index contributed by atoms with van der Waals surface area (Å²) in [5.74, 6) is -0.271. The van der Waals surface area contributed by atoms with Crippen molar-refractivity contribution in [2.45, 2.75) is 31.4 Å². The molecule has 31 heavy (non-hydrogen) atoms. The molecule has 0 aliphatic carbocycles. The number of aliphatic hydroxyl groups excluding tert-OH is 1. The van der Waals surface area contributed by atoms with E-state index in [0.29, 0.717) is 30.4 Å². The first-order valence-corrected chi connectivity index (χ1v) is 10.7. The number of rotatable bonds is 6. The molecule has 0 unspecified atom stereocenters. The van der Waals surface area contributed by atoms with Crippen LogP contribution in [0.15, 0.2) is 72.8 Å². The van der Waals surface area contributed by atoms with Crippen molar-refractivity contribution in [1.82, 2.24) is 0 Å². The first-order valence-electron chi connectivity index (χ1n) is 10.3. The number of benzene rings is 3. The van der Waals surface area contributed by atoms with Gasteiger partial charge in [0.05, 0.1) is 17.1 Å². The van der Waals surface area contributed by atoms with Gasteiger partial charge in [-0.15, -0.1) is 0 Å². The highest BCUT2D eigenvalue weighted by Crippen LogP contribution is 2.47. The predicted molar refractivity (Wildman–Crippen MR) is 123 cm³/mol. The largest absolute Gasteiger partial charge is 0.508 e. The fourth-order valence-corrected chi connectivity index (χ4v) is 4.79. The van der Waals surface area contributed by atoms with Crippen LogP contribution in [0.2, 0.25) is 0 Å². The Morgan fingerprint density at radius 1 is 1.00 bits per heavy atom. The van der Waals surface area contributed by atoms with Crippen molar-refractivity contribution in [3.05, 3.63) is 89.7 Å². The molecule has 1 saturated heterocycles. The Kier molecular flexibility index (Phi) is 6.20. The minimum absolute atomic E-state index is 0.00336. The number of hydrogen-bond donors (Lipinski definition) is 3. The summed E-state index contributed by atoms with van der Waals surface area (Å²) in [6.45, 7) is 0. The Balaban J connectivity index is 1.62. The van der Waals surface area contributed by atoms with Crippen LogP contribution in [0, 0.1) is 11.7 Å². The van der Waals surface area contributed by atoms with Crippen molar-refractivity contribution in [3.8, 4) is 11.5 Å². The van der Waals surface area contributed by atoms with Gasteiger partial charge in [0.15, 0.2) is 0 Å². The minimum Gasteiger partial charge on any atom is -0.508 e. The normalized spacial score (nSPS) is 19.5. The zero-order valence-corrected chi connectivity index (χ0v) is 17.7. The Hall–Kier alpha value is -2.96. The molecule has 6 heteroatoms. The van der Waals surface area contributed by atoms with Crippen LogP contribution < -0.4 is 4.90 Å². The monoisotopic (exact) mass is 437 g/mol. The van der Waals surface area contributed by atoms with Crippen LogP contribution in [0.25, 0.3) is 0 Å². The lowest BCUT2D eigenvalue weighted by Gasteiger charge is -2.31. The number of hydrogen-bond acceptors (Lipinski definition) is 4. The number of aromatic hydroxyl groups is 2. The van der Waals surface area contributed by atoms with E-state index >= 15 is 0 Å². The summed E-state index contributed by atoms with van der Waals surface area (Å²) in [6, 6.07) is 20.1. The van der Waals surface area contributed by atoms with Crippen LogP contribution in [0.4, 0.5) is 10.1 Å².